The summed E-state index contributed by atoms with van der Waals surface area (Å²) in [7, 11) is 0. The quantitative estimate of drug-likeness (QED) is 0.164. The van der Waals surface area contributed by atoms with Crippen molar-refractivity contribution in [3.8, 4) is 0 Å². The van der Waals surface area contributed by atoms with E-state index in [-0.39, 0.29) is 89.8 Å². The molecule has 0 bridgehead atoms. The molecule has 0 aromatic heterocycles. The van der Waals surface area contributed by atoms with Gasteiger partial charge >= 0.3 is 86.9 Å². The van der Waals surface area contributed by atoms with E-state index in [2.05, 4.69) is 4.99 Å². The number of nitrogens with zero attached hydrogens (tertiary/aromatic N) is 1. The Morgan fingerprint density at radius 1 is 1.50 bits per heavy atom. The monoisotopic (exact) mass is 238 g/mol. The summed E-state index contributed by atoms with van der Waals surface area (Å²) in [5.74, 6) is -0.987. The van der Waals surface area contributed by atoms with Crippen LogP contribution in [0.2, 0.25) is 0 Å². The van der Waals surface area contributed by atoms with Gasteiger partial charge < -0.3 is 25.2 Å². The van der Waals surface area contributed by atoms with Crippen LogP contribution >= 0.6 is 0 Å². The van der Waals surface area contributed by atoms with Crippen LogP contribution in [0, 0.1) is 0 Å². The smallest absolute Gasteiger partial charge is 1.00 e. The maximum absolute atomic E-state index is 10.2. The minimum Gasteiger partial charge on any atom is -1.00 e. The summed E-state index contributed by atoms with van der Waals surface area (Å²) in [6, 6.07) is -0.820. The Morgan fingerprint density at radius 2 is 2.00 bits per heavy atom. The maximum Gasteiger partial charge on any atom is 1.00 e. The molecule has 0 saturated carbocycles. The molecule has 1 atom stereocenters. The van der Waals surface area contributed by atoms with Gasteiger partial charge in [0.25, 0.3) is 0 Å². The van der Waals surface area contributed by atoms with E-state index in [1.54, 1.807) is 0 Å². The number of carboxylic acid groups (broad SMARTS) is 1. The Balaban J connectivity index is -0.000000101. The maximum atomic E-state index is 10.2. The number of rotatable bonds is 5. The molecule has 0 heterocycles. The molecule has 0 rings (SSSR count). The van der Waals surface area contributed by atoms with E-state index in [0.717, 1.165) is 0 Å². The standard InChI is InChI=1S/C6H14N4O2.K.Na.2H/c7-4(5(11)12)2-1-3-10-6(8)9;;;;/h4H,1-3,7H2,(H,11,12)(H4,8,9,10);;;;/q;2*+1;2*-1. The molecule has 1 unspecified atom stereocenters. The van der Waals surface area contributed by atoms with E-state index in [1.165, 1.54) is 0 Å². The summed E-state index contributed by atoms with van der Waals surface area (Å²) in [5, 5.41) is 8.38. The van der Waals surface area contributed by atoms with Crippen LogP contribution in [0.3, 0.4) is 0 Å². The Kier molecular flexibility index (Phi) is 18.4. The Morgan fingerprint density at radius 3 is 2.36 bits per heavy atom. The van der Waals surface area contributed by atoms with Gasteiger partial charge in [0.2, 0.25) is 0 Å². The van der Waals surface area contributed by atoms with Crippen LogP contribution < -0.4 is 98.1 Å². The van der Waals surface area contributed by atoms with Crippen LogP contribution in [0.1, 0.15) is 15.7 Å². The fraction of sp³-hybridized carbons (Fsp3) is 0.667. The summed E-state index contributed by atoms with van der Waals surface area (Å²) in [5.41, 5.74) is 15.3. The molecule has 0 radical (unpaired) electrons. The molecule has 0 fully saturated rings. The van der Waals surface area contributed by atoms with Crippen molar-refractivity contribution in [2.75, 3.05) is 6.54 Å². The fourth-order valence-electron chi connectivity index (χ4n) is 0.643. The molecular weight excluding hydrogens is 222 g/mol. The van der Waals surface area contributed by atoms with Crippen molar-refractivity contribution < 1.29 is 93.7 Å². The van der Waals surface area contributed by atoms with Gasteiger partial charge in [-0.1, -0.05) is 0 Å². The fourth-order valence-corrected chi connectivity index (χ4v) is 0.643. The van der Waals surface area contributed by atoms with E-state index in [0.29, 0.717) is 19.4 Å². The minimum atomic E-state index is -1.00. The SMILES string of the molecule is NC(N)=NCCCC(N)C(=O)O.[H-].[H-].[K+].[Na+]. The van der Waals surface area contributed by atoms with Crippen molar-refractivity contribution in [1.82, 2.24) is 0 Å². The second kappa shape index (κ2) is 12.4. The average Bonchev–Trinajstić information content (AvgIpc) is 1.97. The summed E-state index contributed by atoms with van der Waals surface area (Å²) >= 11 is 0. The Labute approximate surface area is 151 Å². The van der Waals surface area contributed by atoms with Crippen LogP contribution in [0.4, 0.5) is 0 Å². The summed E-state index contributed by atoms with van der Waals surface area (Å²) < 4.78 is 0. The first kappa shape index (κ1) is 20.7. The average molecular weight is 238 g/mol. The summed E-state index contributed by atoms with van der Waals surface area (Å²) in [4.78, 5) is 13.9. The van der Waals surface area contributed by atoms with Crippen molar-refractivity contribution in [2.45, 2.75) is 18.9 Å². The zero-order valence-corrected chi connectivity index (χ0v) is 13.9. The summed E-state index contributed by atoms with van der Waals surface area (Å²) in [6.07, 6.45) is 0.956. The topological polar surface area (TPSA) is 128 Å². The first-order chi connectivity index (χ1) is 5.54. The number of guanidine groups is 1. The van der Waals surface area contributed by atoms with Crippen LogP contribution in [0.5, 0.6) is 0 Å². The number of hydrogen-bond acceptors (Lipinski definition) is 3. The van der Waals surface area contributed by atoms with Gasteiger partial charge in [-0.25, -0.2) is 0 Å². The first-order valence-corrected chi connectivity index (χ1v) is 3.58. The van der Waals surface area contributed by atoms with Gasteiger partial charge in [0.05, 0.1) is 0 Å². The number of nitrogens with two attached hydrogens (primary N) is 3. The molecule has 6 nitrogen and oxygen atoms in total. The molecule has 74 valence electrons. The predicted molar refractivity (Wildman–Crippen MR) is 47.7 cm³/mol. The molecule has 0 aliphatic rings. The third-order valence-electron chi connectivity index (χ3n) is 1.28. The van der Waals surface area contributed by atoms with Crippen molar-refractivity contribution in [1.29, 1.82) is 0 Å². The van der Waals surface area contributed by atoms with Gasteiger partial charge in [0.1, 0.15) is 6.04 Å². The largest absolute Gasteiger partial charge is 1.00 e. The van der Waals surface area contributed by atoms with E-state index in [4.69, 9.17) is 22.3 Å². The van der Waals surface area contributed by atoms with Crippen molar-refractivity contribution in [2.24, 2.45) is 22.2 Å². The number of hydrogen-bond donors (Lipinski definition) is 4. The minimum absolute atomic E-state index is 0. The van der Waals surface area contributed by atoms with Gasteiger partial charge in [-0.15, -0.1) is 0 Å². The third kappa shape index (κ3) is 13.3. The molecular formula is C6H16KN4NaO2. The molecule has 7 N–H and O–H groups in total. The molecule has 0 aliphatic carbocycles. The molecule has 0 spiro atoms. The normalized spacial score (nSPS) is 10.4. The second-order valence-corrected chi connectivity index (χ2v) is 2.39. The molecule has 0 saturated heterocycles. The molecule has 0 amide bonds. The van der Waals surface area contributed by atoms with E-state index in [9.17, 15) is 4.79 Å². The van der Waals surface area contributed by atoms with Gasteiger partial charge in [0, 0.05) is 6.54 Å². The predicted octanol–water partition coefficient (Wildman–Crippen LogP) is -7.32. The molecule has 14 heavy (non-hydrogen) atoms. The van der Waals surface area contributed by atoms with Gasteiger partial charge in [-0.2, -0.15) is 0 Å². The van der Waals surface area contributed by atoms with Gasteiger partial charge in [-0.3, -0.25) is 9.79 Å². The molecule has 0 aromatic carbocycles. The molecule has 8 heteroatoms. The van der Waals surface area contributed by atoms with Crippen LogP contribution in [0.15, 0.2) is 4.99 Å². The third-order valence-corrected chi connectivity index (χ3v) is 1.28. The van der Waals surface area contributed by atoms with Crippen LogP contribution in [-0.2, 0) is 4.79 Å². The zero-order chi connectivity index (χ0) is 9.56. The van der Waals surface area contributed by atoms with E-state index >= 15 is 0 Å². The van der Waals surface area contributed by atoms with Crippen molar-refractivity contribution >= 4 is 11.9 Å². The van der Waals surface area contributed by atoms with E-state index < -0.39 is 12.0 Å². The van der Waals surface area contributed by atoms with Gasteiger partial charge in [0.15, 0.2) is 5.96 Å². The number of aliphatic carboxylic acids is 1. The Hall–Kier alpha value is 1.34. The summed E-state index contributed by atoms with van der Waals surface area (Å²) in [6.45, 7) is 0.420. The second-order valence-electron chi connectivity index (χ2n) is 2.39. The number of carbonyl (C=O) groups is 1. The van der Waals surface area contributed by atoms with Crippen LogP contribution in [-0.4, -0.2) is 29.6 Å². The number of carboxylic acids is 1. The van der Waals surface area contributed by atoms with E-state index in [1.807, 2.05) is 0 Å². The van der Waals surface area contributed by atoms with Crippen LogP contribution in [0.25, 0.3) is 0 Å². The number of aliphatic imine (C=N–C) groups is 1. The van der Waals surface area contributed by atoms with Gasteiger partial charge in [-0.05, 0) is 12.8 Å². The molecule has 0 aliphatic heterocycles. The molecule has 0 aromatic rings. The first-order valence-electron chi connectivity index (χ1n) is 3.58. The Bertz CT molecular complexity index is 195. The zero-order valence-electron chi connectivity index (χ0n) is 10.7. The van der Waals surface area contributed by atoms with Crippen molar-refractivity contribution in [3.63, 3.8) is 0 Å². The van der Waals surface area contributed by atoms with Crippen molar-refractivity contribution in [3.05, 3.63) is 0 Å².